The van der Waals surface area contributed by atoms with Crippen molar-refractivity contribution in [2.75, 3.05) is 5.73 Å². The smallest absolute Gasteiger partial charge is 0.180 e. The maximum absolute atomic E-state index is 5.52. The van der Waals surface area contributed by atoms with E-state index in [4.69, 9.17) is 5.73 Å². The van der Waals surface area contributed by atoms with Gasteiger partial charge in [-0.1, -0.05) is 30.3 Å². The van der Waals surface area contributed by atoms with Crippen LogP contribution in [0.1, 0.15) is 0 Å². The number of nitrogens with zero attached hydrogens (tertiary/aromatic N) is 1. The van der Waals surface area contributed by atoms with Crippen LogP contribution in [0.15, 0.2) is 35.7 Å². The zero-order chi connectivity index (χ0) is 8.39. The van der Waals surface area contributed by atoms with Crippen molar-refractivity contribution in [2.24, 2.45) is 0 Å². The van der Waals surface area contributed by atoms with Crippen molar-refractivity contribution >= 4 is 28.9 Å². The van der Waals surface area contributed by atoms with Gasteiger partial charge < -0.3 is 11.2 Å². The van der Waals surface area contributed by atoms with Gasteiger partial charge in [0.25, 0.3) is 0 Å². The fourth-order valence-corrected chi connectivity index (χ4v) is 1.60. The molecule has 1 heterocycles. The van der Waals surface area contributed by atoms with Gasteiger partial charge in [0.2, 0.25) is 0 Å². The molecule has 4 N–H and O–H groups in total. The number of nitrogen functional groups attached to an aromatic ring is 1. The van der Waals surface area contributed by atoms with E-state index in [0.29, 0.717) is 5.13 Å². The highest BCUT2D eigenvalue weighted by Gasteiger charge is 1.99. The predicted molar refractivity (Wildman–Crippen MR) is 62.8 cm³/mol. The molecule has 5 heteroatoms. The monoisotopic (exact) mass is 230 g/mol. The van der Waals surface area contributed by atoms with Gasteiger partial charge in [-0.2, -0.15) is 0 Å². The fourth-order valence-electron chi connectivity index (χ4n) is 1.03. The topological polar surface area (TPSA) is 70.4 Å². The highest BCUT2D eigenvalue weighted by molar-refractivity contribution is 7.13. The van der Waals surface area contributed by atoms with Crippen LogP contribution in [-0.4, -0.2) is 10.5 Å². The van der Waals surface area contributed by atoms with E-state index in [9.17, 15) is 0 Å². The molecule has 2 aromatic rings. The molecule has 0 radical (unpaired) electrons. The van der Waals surface area contributed by atoms with E-state index in [2.05, 4.69) is 4.98 Å². The Morgan fingerprint density at radius 3 is 2.29 bits per heavy atom. The molecule has 0 amide bonds. The summed E-state index contributed by atoms with van der Waals surface area (Å²) in [6.07, 6.45) is 0. The maximum Gasteiger partial charge on any atom is 0.180 e. The summed E-state index contributed by atoms with van der Waals surface area (Å²) in [6.45, 7) is 0. The third-order valence-electron chi connectivity index (χ3n) is 1.59. The van der Waals surface area contributed by atoms with Crippen LogP contribution in [0.2, 0.25) is 0 Å². The Morgan fingerprint density at radius 2 is 1.79 bits per heavy atom. The van der Waals surface area contributed by atoms with E-state index >= 15 is 0 Å². The minimum Gasteiger partial charge on any atom is -0.412 e. The summed E-state index contributed by atoms with van der Waals surface area (Å²) in [5.74, 6) is 0. The Hall–Kier alpha value is -1.10. The molecule has 0 saturated heterocycles. The zero-order valence-electron chi connectivity index (χ0n) is 7.31. The number of aromatic nitrogens is 1. The first-order valence-electron chi connectivity index (χ1n) is 3.63. The lowest BCUT2D eigenvalue weighted by atomic mass is 10.2. The number of hydrogen-bond acceptors (Lipinski definition) is 3. The molecule has 1 aromatic heterocycles. The number of nitrogens with two attached hydrogens (primary N) is 1. The van der Waals surface area contributed by atoms with Gasteiger partial charge >= 0.3 is 0 Å². The van der Waals surface area contributed by atoms with Gasteiger partial charge in [0.1, 0.15) is 0 Å². The molecule has 0 aliphatic rings. The molecule has 0 bridgehead atoms. The molecule has 3 nitrogen and oxygen atoms in total. The van der Waals surface area contributed by atoms with E-state index in [1.165, 1.54) is 11.3 Å². The molecule has 0 aliphatic carbocycles. The summed E-state index contributed by atoms with van der Waals surface area (Å²) in [4.78, 5) is 4.18. The number of halogens is 1. The van der Waals surface area contributed by atoms with Crippen LogP contribution in [0.5, 0.6) is 0 Å². The first-order chi connectivity index (χ1) is 5.86. The van der Waals surface area contributed by atoms with Gasteiger partial charge in [-0.15, -0.1) is 23.7 Å². The van der Waals surface area contributed by atoms with Crippen LogP contribution in [0.4, 0.5) is 5.13 Å². The number of rotatable bonds is 1. The van der Waals surface area contributed by atoms with Crippen LogP contribution in [0.3, 0.4) is 0 Å². The third kappa shape index (κ3) is 2.70. The summed E-state index contributed by atoms with van der Waals surface area (Å²) in [7, 11) is 0. The molecule has 0 saturated carbocycles. The normalized spacial score (nSPS) is 8.57. The molecule has 2 rings (SSSR count). The second kappa shape index (κ2) is 5.59. The van der Waals surface area contributed by atoms with Crippen LogP contribution >= 0.6 is 23.7 Å². The standard InChI is InChI=1S/C9H8N2S.ClH.H2O/c10-9-11-8(6-12-9)7-4-2-1-3-5-7;;/h1-6H,(H2,10,11);1H;1H2. The maximum atomic E-state index is 5.52. The predicted octanol–water partition coefficient (Wildman–Crippen LogP) is 1.99. The van der Waals surface area contributed by atoms with Crippen LogP contribution in [-0.2, 0) is 0 Å². The Balaban J connectivity index is 0.000000845. The van der Waals surface area contributed by atoms with Crippen molar-refractivity contribution in [3.8, 4) is 11.3 Å². The van der Waals surface area contributed by atoms with Crippen molar-refractivity contribution < 1.29 is 5.48 Å². The lowest BCUT2D eigenvalue weighted by Crippen LogP contribution is -1.82. The quantitative estimate of drug-likeness (QED) is 0.814. The Kier molecular flexibility index (Phi) is 5.15. The van der Waals surface area contributed by atoms with Gasteiger partial charge in [0, 0.05) is 10.9 Å². The van der Waals surface area contributed by atoms with Gasteiger partial charge in [-0.3, -0.25) is 0 Å². The van der Waals surface area contributed by atoms with Crippen LogP contribution in [0, 0.1) is 0 Å². The molecule has 76 valence electrons. The first-order valence-corrected chi connectivity index (χ1v) is 4.50. The third-order valence-corrected chi connectivity index (χ3v) is 2.27. The average Bonchev–Trinajstić information content (AvgIpc) is 2.54. The largest absolute Gasteiger partial charge is 0.412 e. The second-order valence-electron chi connectivity index (χ2n) is 2.44. The molecule has 1 aromatic carbocycles. The molecule has 0 fully saturated rings. The van der Waals surface area contributed by atoms with Crippen molar-refractivity contribution in [1.82, 2.24) is 4.98 Å². The summed E-state index contributed by atoms with van der Waals surface area (Å²) in [6, 6.07) is 10.0. The van der Waals surface area contributed by atoms with Crippen molar-refractivity contribution in [3.63, 3.8) is 0 Å². The van der Waals surface area contributed by atoms with Crippen LogP contribution in [0.25, 0.3) is 11.3 Å². The minimum atomic E-state index is 0. The summed E-state index contributed by atoms with van der Waals surface area (Å²) >= 11 is 1.47. The molecule has 0 spiro atoms. The van der Waals surface area contributed by atoms with E-state index in [1.54, 1.807) is 0 Å². The highest BCUT2D eigenvalue weighted by Crippen LogP contribution is 2.22. The molecular weight excluding hydrogens is 220 g/mol. The minimum absolute atomic E-state index is 0. The number of hydrogen-bond donors (Lipinski definition) is 1. The molecule has 0 aliphatic heterocycles. The van der Waals surface area contributed by atoms with Gasteiger partial charge in [-0.05, 0) is 0 Å². The lowest BCUT2D eigenvalue weighted by Gasteiger charge is -1.92. The fraction of sp³-hybridized carbons (Fsp3) is 0. The second-order valence-corrected chi connectivity index (χ2v) is 3.33. The SMILES string of the molecule is Cl.Nc1nc(-c2ccccc2)cs1.O. The number of thiazole rings is 1. The molecule has 14 heavy (non-hydrogen) atoms. The molecule has 0 atom stereocenters. The van der Waals surface area contributed by atoms with Crippen molar-refractivity contribution in [3.05, 3.63) is 35.7 Å². The number of anilines is 1. The lowest BCUT2D eigenvalue weighted by molar-refractivity contribution is 0.824. The Morgan fingerprint density at radius 1 is 1.14 bits per heavy atom. The highest BCUT2D eigenvalue weighted by atomic mass is 35.5. The van der Waals surface area contributed by atoms with Crippen molar-refractivity contribution in [2.45, 2.75) is 0 Å². The van der Waals surface area contributed by atoms with Gasteiger partial charge in [0.05, 0.1) is 5.69 Å². The van der Waals surface area contributed by atoms with Gasteiger partial charge in [-0.25, -0.2) is 4.98 Å². The average molecular weight is 231 g/mol. The Labute approximate surface area is 92.3 Å². The summed E-state index contributed by atoms with van der Waals surface area (Å²) < 4.78 is 0. The summed E-state index contributed by atoms with van der Waals surface area (Å²) in [5.41, 5.74) is 7.60. The van der Waals surface area contributed by atoms with E-state index < -0.39 is 0 Å². The van der Waals surface area contributed by atoms with E-state index in [-0.39, 0.29) is 17.9 Å². The summed E-state index contributed by atoms with van der Waals surface area (Å²) in [5, 5.41) is 2.58. The van der Waals surface area contributed by atoms with E-state index in [1.807, 2.05) is 35.7 Å². The zero-order valence-corrected chi connectivity index (χ0v) is 8.94. The Bertz CT molecular complexity index is 377. The first kappa shape index (κ1) is 12.9. The van der Waals surface area contributed by atoms with Crippen LogP contribution < -0.4 is 5.73 Å². The van der Waals surface area contributed by atoms with Gasteiger partial charge in [0.15, 0.2) is 5.13 Å². The number of benzene rings is 1. The van der Waals surface area contributed by atoms with Crippen molar-refractivity contribution in [1.29, 1.82) is 0 Å². The molecular formula is C9H11ClN2OS. The van der Waals surface area contributed by atoms with E-state index in [0.717, 1.165) is 11.3 Å². The molecule has 0 unspecified atom stereocenters.